The predicted octanol–water partition coefficient (Wildman–Crippen LogP) is 5.81. The summed E-state index contributed by atoms with van der Waals surface area (Å²) in [7, 11) is 0. The third-order valence-corrected chi connectivity index (χ3v) is 3.76. The molecule has 0 saturated carbocycles. The lowest BCUT2D eigenvalue weighted by Gasteiger charge is -2.14. The normalized spacial score (nSPS) is 13.4. The molecule has 0 aromatic carbocycles. The van der Waals surface area contributed by atoms with Gasteiger partial charge in [0.05, 0.1) is 0 Å². The molecule has 15 heavy (non-hydrogen) atoms. The first-order chi connectivity index (χ1) is 7.24. The molecule has 0 rings (SSSR count). The van der Waals surface area contributed by atoms with Crippen LogP contribution < -0.4 is 0 Å². The summed E-state index contributed by atoms with van der Waals surface area (Å²) in [6.45, 7) is 9.39. The van der Waals surface area contributed by atoms with E-state index in [1.807, 2.05) is 0 Å². The van der Waals surface area contributed by atoms with Crippen LogP contribution in [0.4, 0.5) is 0 Å². The van der Waals surface area contributed by atoms with Crippen molar-refractivity contribution in [3.05, 3.63) is 0 Å². The van der Waals surface area contributed by atoms with Crippen LogP contribution in [0.25, 0.3) is 0 Å². The minimum atomic E-state index is 0.964. The fraction of sp³-hybridized carbons (Fsp3) is 1.00. The second-order valence-electron chi connectivity index (χ2n) is 5.21. The molecule has 0 amide bonds. The number of hydrogen-bond acceptors (Lipinski definition) is 0. The highest BCUT2D eigenvalue weighted by Crippen LogP contribution is 2.20. The second-order valence-corrected chi connectivity index (χ2v) is 5.21. The van der Waals surface area contributed by atoms with Crippen LogP contribution in [0.2, 0.25) is 0 Å². The third-order valence-electron chi connectivity index (χ3n) is 3.76. The Morgan fingerprint density at radius 2 is 1.33 bits per heavy atom. The maximum atomic E-state index is 2.43. The van der Waals surface area contributed by atoms with E-state index in [2.05, 4.69) is 27.7 Å². The number of unbranched alkanes of at least 4 members (excludes halogenated alkanes) is 2. The zero-order valence-corrected chi connectivity index (χ0v) is 11.5. The molecule has 0 aliphatic rings. The molecule has 0 fully saturated rings. The van der Waals surface area contributed by atoms with Crippen molar-refractivity contribution in [3.63, 3.8) is 0 Å². The maximum Gasteiger partial charge on any atom is -0.0420 e. The van der Waals surface area contributed by atoms with Gasteiger partial charge in [-0.05, 0) is 11.8 Å². The Labute approximate surface area is 97.8 Å². The molecule has 0 saturated heterocycles. The quantitative estimate of drug-likeness (QED) is 0.401. The summed E-state index contributed by atoms with van der Waals surface area (Å²) in [5.74, 6) is 1.96. The lowest BCUT2D eigenvalue weighted by molar-refractivity contribution is 0.387. The monoisotopic (exact) mass is 212 g/mol. The molecule has 0 nitrogen and oxygen atoms in total. The minimum absolute atomic E-state index is 0.964. The van der Waals surface area contributed by atoms with Crippen LogP contribution >= 0.6 is 0 Å². The average molecular weight is 212 g/mol. The van der Waals surface area contributed by atoms with Crippen LogP contribution in [-0.2, 0) is 0 Å². The van der Waals surface area contributed by atoms with Crippen LogP contribution in [0.1, 0.15) is 85.5 Å². The average Bonchev–Trinajstić information content (AvgIpc) is 2.25. The summed E-state index contributed by atoms with van der Waals surface area (Å²) in [4.78, 5) is 0. The molecule has 92 valence electrons. The molecule has 0 aliphatic heterocycles. The molecule has 0 heteroatoms. The smallest absolute Gasteiger partial charge is 0.0420 e. The fourth-order valence-electron chi connectivity index (χ4n) is 2.34. The molecular formula is C15H32. The Kier molecular flexibility index (Phi) is 10.5. The molecule has 1 atom stereocenters. The zero-order valence-electron chi connectivity index (χ0n) is 11.5. The van der Waals surface area contributed by atoms with Gasteiger partial charge in [0, 0.05) is 0 Å². The van der Waals surface area contributed by atoms with Gasteiger partial charge in [-0.3, -0.25) is 0 Å². The second kappa shape index (κ2) is 10.5. The first-order valence-electron chi connectivity index (χ1n) is 7.24. The summed E-state index contributed by atoms with van der Waals surface area (Å²) < 4.78 is 0. The Morgan fingerprint density at radius 3 is 1.87 bits per heavy atom. The van der Waals surface area contributed by atoms with E-state index in [4.69, 9.17) is 0 Å². The van der Waals surface area contributed by atoms with Gasteiger partial charge in [-0.1, -0.05) is 85.5 Å². The Bertz CT molecular complexity index is 113. The molecule has 0 radical (unpaired) electrons. The molecule has 0 bridgehead atoms. The van der Waals surface area contributed by atoms with Gasteiger partial charge in [-0.15, -0.1) is 0 Å². The van der Waals surface area contributed by atoms with Crippen molar-refractivity contribution in [2.75, 3.05) is 0 Å². The van der Waals surface area contributed by atoms with E-state index in [0.717, 1.165) is 11.8 Å². The van der Waals surface area contributed by atoms with Crippen molar-refractivity contribution in [3.8, 4) is 0 Å². The van der Waals surface area contributed by atoms with Gasteiger partial charge in [-0.2, -0.15) is 0 Å². The third kappa shape index (κ3) is 8.96. The largest absolute Gasteiger partial charge is 0.0654 e. The van der Waals surface area contributed by atoms with Gasteiger partial charge in [0.15, 0.2) is 0 Å². The van der Waals surface area contributed by atoms with Crippen LogP contribution in [0.3, 0.4) is 0 Å². The molecule has 0 spiro atoms. The summed E-state index contributed by atoms with van der Waals surface area (Å²) in [5.41, 5.74) is 0. The highest BCUT2D eigenvalue weighted by molar-refractivity contribution is 4.59. The van der Waals surface area contributed by atoms with Gasteiger partial charge in [0.1, 0.15) is 0 Å². The minimum Gasteiger partial charge on any atom is -0.0654 e. The lowest BCUT2D eigenvalue weighted by atomic mass is 9.92. The molecule has 0 heterocycles. The van der Waals surface area contributed by atoms with Gasteiger partial charge < -0.3 is 0 Å². The maximum absolute atomic E-state index is 2.43. The van der Waals surface area contributed by atoms with Crippen LogP contribution in [0, 0.1) is 11.8 Å². The van der Waals surface area contributed by atoms with E-state index < -0.39 is 0 Å². The molecule has 1 unspecified atom stereocenters. The summed E-state index contributed by atoms with van der Waals surface area (Å²) in [6, 6.07) is 0. The summed E-state index contributed by atoms with van der Waals surface area (Å²) >= 11 is 0. The van der Waals surface area contributed by atoms with E-state index in [-0.39, 0.29) is 0 Å². The molecular weight excluding hydrogens is 180 g/mol. The number of hydrogen-bond donors (Lipinski definition) is 0. The van der Waals surface area contributed by atoms with Gasteiger partial charge >= 0.3 is 0 Å². The first kappa shape index (κ1) is 15.0. The SMILES string of the molecule is CCCCCC(C)CCCC(CC)CC. The van der Waals surface area contributed by atoms with Crippen molar-refractivity contribution >= 4 is 0 Å². The Balaban J connectivity index is 3.33. The molecule has 0 aliphatic carbocycles. The highest BCUT2D eigenvalue weighted by atomic mass is 14.1. The van der Waals surface area contributed by atoms with Gasteiger partial charge in [0.25, 0.3) is 0 Å². The number of rotatable bonds is 10. The van der Waals surface area contributed by atoms with E-state index in [1.165, 1.54) is 57.8 Å². The highest BCUT2D eigenvalue weighted by Gasteiger charge is 2.05. The Hall–Kier alpha value is 0. The van der Waals surface area contributed by atoms with Gasteiger partial charge in [-0.25, -0.2) is 0 Å². The molecule has 0 aromatic rings. The topological polar surface area (TPSA) is 0 Å². The van der Waals surface area contributed by atoms with E-state index in [9.17, 15) is 0 Å². The lowest BCUT2D eigenvalue weighted by Crippen LogP contribution is -2.00. The van der Waals surface area contributed by atoms with Gasteiger partial charge in [0.2, 0.25) is 0 Å². The fourth-order valence-corrected chi connectivity index (χ4v) is 2.34. The van der Waals surface area contributed by atoms with Crippen molar-refractivity contribution in [2.45, 2.75) is 85.5 Å². The summed E-state index contributed by atoms with van der Waals surface area (Å²) in [6.07, 6.45) is 12.8. The van der Waals surface area contributed by atoms with E-state index >= 15 is 0 Å². The first-order valence-corrected chi connectivity index (χ1v) is 7.24. The van der Waals surface area contributed by atoms with Crippen molar-refractivity contribution in [1.29, 1.82) is 0 Å². The standard InChI is InChI=1S/C15H32/c1-5-8-9-11-14(4)12-10-13-15(6-2)7-3/h14-15H,5-13H2,1-4H3. The predicted molar refractivity (Wildman–Crippen MR) is 71.2 cm³/mol. The van der Waals surface area contributed by atoms with Crippen LogP contribution in [0.5, 0.6) is 0 Å². The van der Waals surface area contributed by atoms with E-state index in [1.54, 1.807) is 0 Å². The Morgan fingerprint density at radius 1 is 0.733 bits per heavy atom. The van der Waals surface area contributed by atoms with Crippen molar-refractivity contribution in [2.24, 2.45) is 11.8 Å². The van der Waals surface area contributed by atoms with Crippen molar-refractivity contribution in [1.82, 2.24) is 0 Å². The van der Waals surface area contributed by atoms with Crippen molar-refractivity contribution < 1.29 is 0 Å². The van der Waals surface area contributed by atoms with Crippen LogP contribution in [0.15, 0.2) is 0 Å². The molecule has 0 N–H and O–H groups in total. The van der Waals surface area contributed by atoms with E-state index in [0.29, 0.717) is 0 Å². The van der Waals surface area contributed by atoms with Crippen LogP contribution in [-0.4, -0.2) is 0 Å². The summed E-state index contributed by atoms with van der Waals surface area (Å²) in [5, 5.41) is 0. The molecule has 0 aromatic heterocycles. The zero-order chi connectivity index (χ0) is 11.5.